The van der Waals surface area contributed by atoms with E-state index in [9.17, 15) is 14.9 Å². The lowest BCUT2D eigenvalue weighted by molar-refractivity contribution is -0.124. The number of hydrogen-bond donors (Lipinski definition) is 1. The van der Waals surface area contributed by atoms with E-state index in [1.807, 2.05) is 46.2 Å². The Balaban J connectivity index is 1.16. The van der Waals surface area contributed by atoms with Crippen LogP contribution >= 0.6 is 0 Å². The number of nitrogens with zero attached hydrogens (tertiary/aromatic N) is 5. The molecule has 2 aromatic heterocycles. The fourth-order valence-electron chi connectivity index (χ4n) is 7.04. The maximum atomic E-state index is 14.3. The highest BCUT2D eigenvalue weighted by Gasteiger charge is 2.35. The number of methoxy groups -OCH3 is 1. The lowest BCUT2D eigenvalue weighted by Crippen LogP contribution is -2.42. The summed E-state index contributed by atoms with van der Waals surface area (Å²) in [5.41, 5.74) is 3.72. The number of carbonyl (C=O) groups excluding carboxylic acids is 2. The number of nitriles is 1. The average molecular weight is 639 g/mol. The second-order valence-corrected chi connectivity index (χ2v) is 13.7. The van der Waals surface area contributed by atoms with Gasteiger partial charge in [-0.1, -0.05) is 6.07 Å². The topological polar surface area (TPSA) is 122 Å². The van der Waals surface area contributed by atoms with Gasteiger partial charge in [-0.25, -0.2) is 9.78 Å². The summed E-state index contributed by atoms with van der Waals surface area (Å²) in [5, 5.41) is 17.0. The average Bonchev–Trinajstić information content (AvgIpc) is 3.76. The molecule has 1 N–H and O–H groups in total. The molecule has 248 valence electrons. The van der Waals surface area contributed by atoms with Crippen molar-refractivity contribution in [2.24, 2.45) is 11.8 Å². The predicted molar refractivity (Wildman–Crippen MR) is 179 cm³/mol. The van der Waals surface area contributed by atoms with Crippen LogP contribution in [0, 0.1) is 23.2 Å². The Morgan fingerprint density at radius 2 is 1.79 bits per heavy atom. The zero-order valence-corrected chi connectivity index (χ0v) is 27.7. The van der Waals surface area contributed by atoms with E-state index in [1.54, 1.807) is 13.3 Å². The maximum Gasteiger partial charge on any atom is 0.407 e. The summed E-state index contributed by atoms with van der Waals surface area (Å²) < 4.78 is 13.0. The Bertz CT molecular complexity index is 1590. The van der Waals surface area contributed by atoms with E-state index in [2.05, 4.69) is 36.4 Å². The second kappa shape index (κ2) is 14.6. The third-order valence-corrected chi connectivity index (χ3v) is 10.1. The van der Waals surface area contributed by atoms with Gasteiger partial charge in [-0.2, -0.15) is 10.4 Å². The first-order valence-electron chi connectivity index (χ1n) is 17.2. The minimum atomic E-state index is -0.334. The first-order chi connectivity index (χ1) is 22.8. The molecule has 10 nitrogen and oxygen atoms in total. The van der Waals surface area contributed by atoms with Crippen molar-refractivity contribution in [2.75, 3.05) is 18.6 Å². The van der Waals surface area contributed by atoms with Gasteiger partial charge in [-0.05, 0) is 125 Å². The van der Waals surface area contributed by atoms with Crippen LogP contribution in [0.15, 0.2) is 48.9 Å². The molecule has 0 atom stereocenters. The number of carbonyl (C=O) groups is 2. The molecule has 10 heteroatoms. The number of anilines is 1. The van der Waals surface area contributed by atoms with Gasteiger partial charge in [0.05, 0.1) is 18.9 Å². The molecule has 0 saturated heterocycles. The van der Waals surface area contributed by atoms with Gasteiger partial charge < -0.3 is 14.8 Å². The molecule has 3 fully saturated rings. The van der Waals surface area contributed by atoms with E-state index in [0.717, 1.165) is 49.7 Å². The van der Waals surface area contributed by atoms with E-state index in [0.29, 0.717) is 61.2 Å². The van der Waals surface area contributed by atoms with Crippen molar-refractivity contribution in [3.63, 3.8) is 0 Å². The second-order valence-electron chi connectivity index (χ2n) is 13.7. The normalized spacial score (nSPS) is 22.7. The van der Waals surface area contributed by atoms with Crippen molar-refractivity contribution >= 4 is 17.8 Å². The number of aromatic nitrogens is 3. The van der Waals surface area contributed by atoms with Gasteiger partial charge in [-0.3, -0.25) is 14.4 Å². The highest BCUT2D eigenvalue weighted by atomic mass is 16.6. The monoisotopic (exact) mass is 638 g/mol. The zero-order valence-electron chi connectivity index (χ0n) is 27.7. The van der Waals surface area contributed by atoms with E-state index in [-0.39, 0.29) is 36.1 Å². The number of amides is 2. The molecule has 3 saturated carbocycles. The smallest absolute Gasteiger partial charge is 0.407 e. The molecule has 6 rings (SSSR count). The summed E-state index contributed by atoms with van der Waals surface area (Å²) in [4.78, 5) is 33.2. The number of benzene rings is 1. The molecule has 0 bridgehead atoms. The molecular weight excluding hydrogens is 592 g/mol. The number of pyridine rings is 1. The van der Waals surface area contributed by atoms with Crippen LogP contribution in [0.25, 0.3) is 11.1 Å². The van der Waals surface area contributed by atoms with E-state index in [1.165, 1.54) is 5.56 Å². The van der Waals surface area contributed by atoms with Crippen molar-refractivity contribution in [3.05, 3.63) is 60.0 Å². The van der Waals surface area contributed by atoms with E-state index in [4.69, 9.17) is 14.5 Å². The highest BCUT2D eigenvalue weighted by Crippen LogP contribution is 2.39. The van der Waals surface area contributed by atoms with Crippen LogP contribution < -0.4 is 15.0 Å². The molecule has 3 aromatic rings. The molecule has 0 unspecified atom stereocenters. The van der Waals surface area contributed by atoms with Gasteiger partial charge in [0.1, 0.15) is 23.7 Å². The number of alkyl carbamates (subject to hydrolysis) is 1. The van der Waals surface area contributed by atoms with Crippen molar-refractivity contribution in [1.82, 2.24) is 20.1 Å². The predicted octanol–water partition coefficient (Wildman–Crippen LogP) is 7.16. The fraction of sp³-hybridized carbons (Fsp3) is 0.541. The quantitative estimate of drug-likeness (QED) is 0.250. The first-order valence-corrected chi connectivity index (χ1v) is 17.2. The molecule has 0 radical (unpaired) electrons. The molecule has 0 spiro atoms. The number of nitrogens with one attached hydrogen (secondary N) is 1. The summed E-state index contributed by atoms with van der Waals surface area (Å²) in [6, 6.07) is 12.7. The third-order valence-electron chi connectivity index (χ3n) is 10.1. The SMILES string of the molecule is COc1ccc([C@H]2CC[C@H](CN(c3cc(-c4cnn(C(C)C)c4)ccn3)C(=O)[C@H]3CC[C@H](OC(=O)NC4CC4)CC3)CC2)cc1C#N. The Kier molecular flexibility index (Phi) is 10.1. The standard InChI is InChI=1S/C37H46N6O4/c1-24(2)43-23-31(21-40-43)29-16-17-39-35(19-29)42(36(44)27-8-13-33(14-9-27)47-37(45)41-32-11-12-32)22-25-4-6-26(7-5-25)28-10-15-34(46-3)30(18-28)20-38/h10,15-19,21,23-27,32-33H,4-9,11-14,22H2,1-3H3,(H,41,45)/t25-,26-,27-,33-. The van der Waals surface area contributed by atoms with Crippen molar-refractivity contribution < 1.29 is 19.1 Å². The van der Waals surface area contributed by atoms with Crippen LogP contribution in [0.2, 0.25) is 0 Å². The van der Waals surface area contributed by atoms with Gasteiger partial charge in [0.25, 0.3) is 0 Å². The van der Waals surface area contributed by atoms with Gasteiger partial charge in [-0.15, -0.1) is 0 Å². The van der Waals surface area contributed by atoms with Crippen molar-refractivity contribution in [1.29, 1.82) is 5.26 Å². The summed E-state index contributed by atoms with van der Waals surface area (Å²) in [7, 11) is 1.59. The van der Waals surface area contributed by atoms with Crippen LogP contribution in [0.3, 0.4) is 0 Å². The number of rotatable bonds is 10. The van der Waals surface area contributed by atoms with Gasteiger partial charge >= 0.3 is 6.09 Å². The summed E-state index contributed by atoms with van der Waals surface area (Å²) in [6.45, 7) is 4.81. The largest absolute Gasteiger partial charge is 0.495 e. The Labute approximate surface area is 277 Å². The fourth-order valence-corrected chi connectivity index (χ4v) is 7.04. The van der Waals surface area contributed by atoms with Crippen LogP contribution in [0.4, 0.5) is 10.6 Å². The van der Waals surface area contributed by atoms with Crippen molar-refractivity contribution in [3.8, 4) is 22.9 Å². The molecule has 0 aliphatic heterocycles. The minimum absolute atomic E-state index is 0.101. The third kappa shape index (κ3) is 7.95. The van der Waals surface area contributed by atoms with Crippen LogP contribution in [-0.2, 0) is 9.53 Å². The highest BCUT2D eigenvalue weighted by molar-refractivity contribution is 5.94. The van der Waals surface area contributed by atoms with Crippen molar-refractivity contribution in [2.45, 2.75) is 102 Å². The molecule has 2 amide bonds. The Hall–Kier alpha value is -4.39. The lowest BCUT2D eigenvalue weighted by atomic mass is 9.78. The van der Waals surface area contributed by atoms with E-state index < -0.39 is 0 Å². The molecular formula is C37H46N6O4. The molecule has 3 aliphatic rings. The van der Waals surface area contributed by atoms with Gasteiger partial charge in [0.15, 0.2) is 0 Å². The number of hydrogen-bond acceptors (Lipinski definition) is 7. The first kappa shape index (κ1) is 32.5. The Morgan fingerprint density at radius 1 is 1.02 bits per heavy atom. The Morgan fingerprint density at radius 3 is 2.45 bits per heavy atom. The van der Waals surface area contributed by atoms with Crippen LogP contribution in [0.5, 0.6) is 5.75 Å². The summed E-state index contributed by atoms with van der Waals surface area (Å²) in [5.74, 6) is 1.94. The zero-order chi connectivity index (χ0) is 32.9. The van der Waals surface area contributed by atoms with Gasteiger partial charge in [0.2, 0.25) is 5.91 Å². The molecule has 3 aliphatic carbocycles. The maximum absolute atomic E-state index is 14.3. The number of ether oxygens (including phenoxy) is 2. The summed E-state index contributed by atoms with van der Waals surface area (Å²) in [6.07, 6.45) is 13.9. The molecule has 2 heterocycles. The van der Waals surface area contributed by atoms with E-state index >= 15 is 0 Å². The van der Waals surface area contributed by atoms with Crippen LogP contribution in [0.1, 0.15) is 101 Å². The molecule has 47 heavy (non-hydrogen) atoms. The van der Waals surface area contributed by atoms with Crippen LogP contribution in [-0.4, -0.2) is 52.6 Å². The molecule has 1 aromatic carbocycles. The van der Waals surface area contributed by atoms with Gasteiger partial charge in [0, 0.05) is 42.5 Å². The lowest BCUT2D eigenvalue weighted by Gasteiger charge is -2.35. The summed E-state index contributed by atoms with van der Waals surface area (Å²) >= 11 is 0. The minimum Gasteiger partial charge on any atom is -0.495 e.